The molecule has 0 atom stereocenters. The van der Waals surface area contributed by atoms with E-state index < -0.39 is 5.97 Å². The lowest BCUT2D eigenvalue weighted by atomic mass is 9.97. The van der Waals surface area contributed by atoms with Gasteiger partial charge in [-0.2, -0.15) is 0 Å². The third-order valence-electron chi connectivity index (χ3n) is 3.94. The molecule has 1 aliphatic rings. The normalized spacial score (nSPS) is 17.1. The number of carbonyl (C=O) groups is 1. The van der Waals surface area contributed by atoms with Gasteiger partial charge in [-0.05, 0) is 50.0 Å². The number of aryl methyl sites for hydroxylation is 1. The molecule has 0 bridgehead atoms. The molecule has 1 heterocycles. The Morgan fingerprint density at radius 1 is 1.30 bits per heavy atom. The van der Waals surface area contributed by atoms with Crippen LogP contribution in [0.5, 0.6) is 5.75 Å². The number of hydrogen-bond donors (Lipinski definition) is 1. The summed E-state index contributed by atoms with van der Waals surface area (Å²) in [5.74, 6) is 0.0910. The van der Waals surface area contributed by atoms with E-state index in [0.717, 1.165) is 44.6 Å². The Hall–Kier alpha value is -1.55. The lowest BCUT2D eigenvalue weighted by Gasteiger charge is -2.29. The number of benzene rings is 1. The summed E-state index contributed by atoms with van der Waals surface area (Å²) in [5.41, 5.74) is 1.31. The monoisotopic (exact) mass is 277 g/mol. The molecule has 0 radical (unpaired) electrons. The second-order valence-electron chi connectivity index (χ2n) is 5.30. The van der Waals surface area contributed by atoms with Crippen molar-refractivity contribution in [3.05, 3.63) is 29.8 Å². The van der Waals surface area contributed by atoms with E-state index in [1.807, 2.05) is 12.1 Å². The molecule has 20 heavy (non-hydrogen) atoms. The molecule has 4 nitrogen and oxygen atoms in total. The van der Waals surface area contributed by atoms with Crippen molar-refractivity contribution in [2.24, 2.45) is 5.92 Å². The Labute approximate surface area is 120 Å². The topological polar surface area (TPSA) is 49.8 Å². The van der Waals surface area contributed by atoms with Gasteiger partial charge < -0.3 is 9.84 Å². The SMILES string of the molecule is CCc1ccc(OCCN2CCC(C(=O)O)CC2)cc1. The molecule has 1 aromatic carbocycles. The lowest BCUT2D eigenvalue weighted by molar-refractivity contribution is -0.143. The van der Waals surface area contributed by atoms with Gasteiger partial charge >= 0.3 is 5.97 Å². The van der Waals surface area contributed by atoms with Gasteiger partial charge in [0.2, 0.25) is 0 Å². The van der Waals surface area contributed by atoms with Gasteiger partial charge in [-0.1, -0.05) is 19.1 Å². The van der Waals surface area contributed by atoms with Gasteiger partial charge in [-0.15, -0.1) is 0 Å². The molecule has 110 valence electrons. The lowest BCUT2D eigenvalue weighted by Crippen LogP contribution is -2.38. The number of carboxylic acids is 1. The molecule has 2 rings (SSSR count). The van der Waals surface area contributed by atoms with Crippen LogP contribution in [0.2, 0.25) is 0 Å². The summed E-state index contributed by atoms with van der Waals surface area (Å²) in [6, 6.07) is 8.20. The first kappa shape index (κ1) is 14.9. The molecule has 4 heteroatoms. The molecular weight excluding hydrogens is 254 g/mol. The molecule has 0 spiro atoms. The van der Waals surface area contributed by atoms with Crippen molar-refractivity contribution < 1.29 is 14.6 Å². The summed E-state index contributed by atoms with van der Waals surface area (Å²) in [5, 5.41) is 8.95. The first-order chi connectivity index (χ1) is 9.69. The van der Waals surface area contributed by atoms with E-state index in [1.165, 1.54) is 5.56 Å². The van der Waals surface area contributed by atoms with Gasteiger partial charge in [-0.25, -0.2) is 0 Å². The number of piperidine rings is 1. The van der Waals surface area contributed by atoms with Crippen LogP contribution in [0.1, 0.15) is 25.3 Å². The van der Waals surface area contributed by atoms with Gasteiger partial charge in [0.05, 0.1) is 5.92 Å². The van der Waals surface area contributed by atoms with Crippen LogP contribution in [0.4, 0.5) is 0 Å². The van der Waals surface area contributed by atoms with Gasteiger partial charge in [-0.3, -0.25) is 9.69 Å². The molecule has 0 aliphatic carbocycles. The van der Waals surface area contributed by atoms with E-state index in [-0.39, 0.29) is 5.92 Å². The zero-order chi connectivity index (χ0) is 14.4. The Balaban J connectivity index is 1.67. The van der Waals surface area contributed by atoms with Crippen LogP contribution in [0.3, 0.4) is 0 Å². The average Bonchev–Trinajstić information content (AvgIpc) is 2.48. The summed E-state index contributed by atoms with van der Waals surface area (Å²) in [7, 11) is 0. The molecule has 1 N–H and O–H groups in total. The highest BCUT2D eigenvalue weighted by Gasteiger charge is 2.23. The van der Waals surface area contributed by atoms with E-state index in [4.69, 9.17) is 9.84 Å². The van der Waals surface area contributed by atoms with Crippen molar-refractivity contribution in [2.45, 2.75) is 26.2 Å². The zero-order valence-electron chi connectivity index (χ0n) is 12.0. The van der Waals surface area contributed by atoms with Crippen molar-refractivity contribution in [1.82, 2.24) is 4.90 Å². The summed E-state index contributed by atoms with van der Waals surface area (Å²) in [6.45, 7) is 5.37. The van der Waals surface area contributed by atoms with Crippen LogP contribution in [0, 0.1) is 5.92 Å². The fraction of sp³-hybridized carbons (Fsp3) is 0.562. The van der Waals surface area contributed by atoms with E-state index >= 15 is 0 Å². The number of hydrogen-bond acceptors (Lipinski definition) is 3. The summed E-state index contributed by atoms with van der Waals surface area (Å²) in [4.78, 5) is 13.1. The summed E-state index contributed by atoms with van der Waals surface area (Å²) >= 11 is 0. The van der Waals surface area contributed by atoms with Crippen molar-refractivity contribution in [1.29, 1.82) is 0 Å². The largest absolute Gasteiger partial charge is 0.492 e. The highest BCUT2D eigenvalue weighted by Crippen LogP contribution is 2.17. The molecule has 0 unspecified atom stereocenters. The molecule has 1 saturated heterocycles. The fourth-order valence-electron chi connectivity index (χ4n) is 2.52. The van der Waals surface area contributed by atoms with Crippen LogP contribution in [-0.2, 0) is 11.2 Å². The Morgan fingerprint density at radius 3 is 2.50 bits per heavy atom. The molecule has 0 saturated carbocycles. The smallest absolute Gasteiger partial charge is 0.306 e. The first-order valence-corrected chi connectivity index (χ1v) is 7.36. The van der Waals surface area contributed by atoms with E-state index in [1.54, 1.807) is 0 Å². The predicted molar refractivity (Wildman–Crippen MR) is 78.1 cm³/mol. The number of nitrogens with zero attached hydrogens (tertiary/aromatic N) is 1. The minimum Gasteiger partial charge on any atom is -0.492 e. The Bertz CT molecular complexity index is 422. The van der Waals surface area contributed by atoms with Crippen LogP contribution in [0.15, 0.2) is 24.3 Å². The number of aliphatic carboxylic acids is 1. The maximum atomic E-state index is 10.9. The summed E-state index contributed by atoms with van der Waals surface area (Å²) < 4.78 is 5.72. The molecule has 1 aromatic rings. The number of rotatable bonds is 6. The predicted octanol–water partition coefficient (Wildman–Crippen LogP) is 2.42. The Kier molecular flexibility index (Phi) is 5.41. The maximum absolute atomic E-state index is 10.9. The van der Waals surface area contributed by atoms with Gasteiger partial charge in [0.1, 0.15) is 12.4 Å². The summed E-state index contributed by atoms with van der Waals surface area (Å²) in [6.07, 6.45) is 2.54. The second-order valence-corrected chi connectivity index (χ2v) is 5.30. The Morgan fingerprint density at radius 2 is 1.95 bits per heavy atom. The van der Waals surface area contributed by atoms with E-state index in [2.05, 4.69) is 24.0 Å². The fourth-order valence-corrected chi connectivity index (χ4v) is 2.52. The molecule has 0 aromatic heterocycles. The first-order valence-electron chi connectivity index (χ1n) is 7.36. The van der Waals surface area contributed by atoms with Crippen LogP contribution in [0.25, 0.3) is 0 Å². The highest BCUT2D eigenvalue weighted by atomic mass is 16.5. The minimum absolute atomic E-state index is 0.159. The van der Waals surface area contributed by atoms with Crippen molar-refractivity contribution >= 4 is 5.97 Å². The number of likely N-dealkylation sites (tertiary alicyclic amines) is 1. The second kappa shape index (κ2) is 7.29. The van der Waals surface area contributed by atoms with Gasteiger partial charge in [0.15, 0.2) is 0 Å². The average molecular weight is 277 g/mol. The molecular formula is C16H23NO3. The minimum atomic E-state index is -0.656. The molecule has 1 fully saturated rings. The highest BCUT2D eigenvalue weighted by molar-refractivity contribution is 5.70. The van der Waals surface area contributed by atoms with Crippen LogP contribution >= 0.6 is 0 Å². The van der Waals surface area contributed by atoms with Crippen LogP contribution < -0.4 is 4.74 Å². The molecule has 0 amide bonds. The van der Waals surface area contributed by atoms with Crippen molar-refractivity contribution in [2.75, 3.05) is 26.2 Å². The van der Waals surface area contributed by atoms with Crippen molar-refractivity contribution in [3.63, 3.8) is 0 Å². The van der Waals surface area contributed by atoms with Crippen molar-refractivity contribution in [3.8, 4) is 5.75 Å². The van der Waals surface area contributed by atoms with E-state index in [9.17, 15) is 4.79 Å². The quantitative estimate of drug-likeness (QED) is 0.867. The van der Waals surface area contributed by atoms with Gasteiger partial charge in [0, 0.05) is 6.54 Å². The number of ether oxygens (including phenoxy) is 1. The van der Waals surface area contributed by atoms with Gasteiger partial charge in [0.25, 0.3) is 0 Å². The van der Waals surface area contributed by atoms with Crippen LogP contribution in [-0.4, -0.2) is 42.2 Å². The third kappa shape index (κ3) is 4.23. The standard InChI is InChI=1S/C16H23NO3/c1-2-13-3-5-15(6-4-13)20-12-11-17-9-7-14(8-10-17)16(18)19/h3-6,14H,2,7-12H2,1H3,(H,18,19). The zero-order valence-corrected chi connectivity index (χ0v) is 12.0. The maximum Gasteiger partial charge on any atom is 0.306 e. The number of carboxylic acid groups (broad SMARTS) is 1. The van der Waals surface area contributed by atoms with E-state index in [0.29, 0.717) is 6.61 Å². The third-order valence-corrected chi connectivity index (χ3v) is 3.94. The molecule has 1 aliphatic heterocycles.